The van der Waals surface area contributed by atoms with E-state index in [1.54, 1.807) is 6.26 Å². The number of nitrogens with one attached hydrogen (secondary N) is 1. The number of hydrogen-bond acceptors (Lipinski definition) is 3. The maximum Gasteiger partial charge on any atom is 0.239 e. The molecule has 0 saturated carbocycles. The van der Waals surface area contributed by atoms with Crippen LogP contribution in [0, 0.1) is 5.92 Å². The van der Waals surface area contributed by atoms with Gasteiger partial charge in [0, 0.05) is 28.6 Å². The minimum absolute atomic E-state index is 0.0454. The van der Waals surface area contributed by atoms with Gasteiger partial charge in [0.15, 0.2) is 0 Å². The lowest BCUT2D eigenvalue weighted by atomic mass is 9.70. The zero-order chi connectivity index (χ0) is 14.0. The zero-order valence-electron chi connectivity index (χ0n) is 11.3. The van der Waals surface area contributed by atoms with Gasteiger partial charge in [-0.15, -0.1) is 0 Å². The molecule has 1 aromatic heterocycles. The molecule has 21 heavy (non-hydrogen) atoms. The van der Waals surface area contributed by atoms with E-state index in [1.165, 1.54) is 0 Å². The van der Waals surface area contributed by atoms with Gasteiger partial charge in [0.05, 0.1) is 6.26 Å². The van der Waals surface area contributed by atoms with Crippen LogP contribution in [0.5, 0.6) is 5.75 Å². The number of allylic oxidation sites excluding steroid dienone is 4. The SMILES string of the molecule is O=C1NC2=CC=CCC2C12COc1cc3occc3cc12. The normalized spacial score (nSPS) is 29.2. The smallest absolute Gasteiger partial charge is 0.239 e. The fourth-order valence-electron chi connectivity index (χ4n) is 3.83. The van der Waals surface area contributed by atoms with Crippen molar-refractivity contribution in [3.63, 3.8) is 0 Å². The fourth-order valence-corrected chi connectivity index (χ4v) is 3.83. The Balaban J connectivity index is 1.77. The third kappa shape index (κ3) is 1.23. The third-order valence-corrected chi connectivity index (χ3v) is 4.91. The van der Waals surface area contributed by atoms with Crippen molar-refractivity contribution in [2.45, 2.75) is 11.8 Å². The highest BCUT2D eigenvalue weighted by Crippen LogP contribution is 2.52. The highest BCUT2D eigenvalue weighted by Gasteiger charge is 2.58. The Kier molecular flexibility index (Phi) is 1.91. The summed E-state index contributed by atoms with van der Waals surface area (Å²) < 4.78 is 11.3. The topological polar surface area (TPSA) is 51.5 Å². The number of fused-ring (bicyclic) bond motifs is 5. The standard InChI is InChI=1S/C17H13NO3/c19-16-17(11-3-1-2-4-13(11)18-16)9-21-15-8-14-10(5-6-20-14)7-12(15)17/h1-2,4-8,11H,3,9H2,(H,18,19). The molecule has 2 aromatic rings. The lowest BCUT2D eigenvalue weighted by molar-refractivity contribution is -0.125. The van der Waals surface area contributed by atoms with Gasteiger partial charge >= 0.3 is 0 Å². The van der Waals surface area contributed by atoms with Gasteiger partial charge < -0.3 is 14.5 Å². The summed E-state index contributed by atoms with van der Waals surface area (Å²) in [4.78, 5) is 12.7. The van der Waals surface area contributed by atoms with Crippen LogP contribution in [0.15, 0.2) is 52.8 Å². The summed E-state index contributed by atoms with van der Waals surface area (Å²) in [5.41, 5.74) is 2.18. The molecule has 5 rings (SSSR count). The Labute approximate surface area is 121 Å². The lowest BCUT2D eigenvalue weighted by Crippen LogP contribution is -2.41. The van der Waals surface area contributed by atoms with Crippen LogP contribution >= 0.6 is 0 Å². The molecule has 1 aliphatic carbocycles. The van der Waals surface area contributed by atoms with E-state index in [9.17, 15) is 4.79 Å². The lowest BCUT2D eigenvalue weighted by Gasteiger charge is -2.27. The number of furan rings is 1. The van der Waals surface area contributed by atoms with E-state index in [0.717, 1.165) is 34.4 Å². The number of amides is 1. The first kappa shape index (κ1) is 11.2. The highest BCUT2D eigenvalue weighted by atomic mass is 16.5. The number of ether oxygens (including phenoxy) is 1. The summed E-state index contributed by atoms with van der Waals surface area (Å²) in [7, 11) is 0. The number of carbonyl (C=O) groups is 1. The summed E-state index contributed by atoms with van der Waals surface area (Å²) in [5, 5.41) is 4.05. The van der Waals surface area contributed by atoms with Crippen LogP contribution in [-0.4, -0.2) is 12.5 Å². The van der Waals surface area contributed by atoms with Crippen LogP contribution in [0.25, 0.3) is 11.0 Å². The predicted molar refractivity (Wildman–Crippen MR) is 76.9 cm³/mol. The molecule has 1 amide bonds. The van der Waals surface area contributed by atoms with Crippen molar-refractivity contribution in [1.82, 2.24) is 5.32 Å². The second-order valence-electron chi connectivity index (χ2n) is 5.86. The second kappa shape index (κ2) is 3.58. The van der Waals surface area contributed by atoms with Crippen molar-refractivity contribution in [2.75, 3.05) is 6.61 Å². The molecule has 1 aromatic carbocycles. The third-order valence-electron chi connectivity index (χ3n) is 4.91. The summed E-state index contributed by atoms with van der Waals surface area (Å²) in [6.07, 6.45) is 8.63. The predicted octanol–water partition coefficient (Wildman–Crippen LogP) is 2.65. The van der Waals surface area contributed by atoms with E-state index in [-0.39, 0.29) is 11.8 Å². The van der Waals surface area contributed by atoms with Crippen molar-refractivity contribution in [2.24, 2.45) is 5.92 Å². The van der Waals surface area contributed by atoms with Crippen LogP contribution in [0.1, 0.15) is 12.0 Å². The van der Waals surface area contributed by atoms with E-state index < -0.39 is 5.41 Å². The average Bonchev–Trinajstić information content (AvgIpc) is 3.16. The minimum atomic E-state index is -0.600. The van der Waals surface area contributed by atoms with Crippen LogP contribution in [0.4, 0.5) is 0 Å². The highest BCUT2D eigenvalue weighted by molar-refractivity contribution is 5.97. The van der Waals surface area contributed by atoms with Gasteiger partial charge in [0.1, 0.15) is 23.4 Å². The zero-order valence-corrected chi connectivity index (χ0v) is 11.3. The largest absolute Gasteiger partial charge is 0.492 e. The number of hydrogen-bond donors (Lipinski definition) is 1. The van der Waals surface area contributed by atoms with E-state index in [2.05, 4.69) is 11.4 Å². The van der Waals surface area contributed by atoms with Crippen molar-refractivity contribution >= 4 is 16.9 Å². The van der Waals surface area contributed by atoms with E-state index in [0.29, 0.717) is 6.61 Å². The molecular weight excluding hydrogens is 266 g/mol. The van der Waals surface area contributed by atoms with Crippen LogP contribution in [0.3, 0.4) is 0 Å². The van der Waals surface area contributed by atoms with Gasteiger partial charge in [-0.1, -0.05) is 12.2 Å². The van der Waals surface area contributed by atoms with Crippen molar-refractivity contribution in [3.8, 4) is 5.75 Å². The minimum Gasteiger partial charge on any atom is -0.492 e. The summed E-state index contributed by atoms with van der Waals surface area (Å²) in [6.45, 7) is 0.399. The molecule has 1 saturated heterocycles. The first-order valence-electron chi connectivity index (χ1n) is 7.12. The van der Waals surface area contributed by atoms with Gasteiger partial charge in [-0.2, -0.15) is 0 Å². The number of carbonyl (C=O) groups excluding carboxylic acids is 1. The molecule has 3 heterocycles. The van der Waals surface area contributed by atoms with Gasteiger partial charge in [-0.3, -0.25) is 4.79 Å². The maximum atomic E-state index is 12.7. The monoisotopic (exact) mass is 279 g/mol. The molecule has 4 heteroatoms. The van der Waals surface area contributed by atoms with Crippen LogP contribution in [0.2, 0.25) is 0 Å². The molecule has 4 nitrogen and oxygen atoms in total. The Bertz CT molecular complexity index is 845. The first-order valence-corrected chi connectivity index (χ1v) is 7.12. The molecular formula is C17H13NO3. The molecule has 2 aliphatic heterocycles. The first-order chi connectivity index (χ1) is 10.3. The van der Waals surface area contributed by atoms with Gasteiger partial charge in [-0.05, 0) is 24.6 Å². The number of rotatable bonds is 0. The Morgan fingerprint density at radius 1 is 1.33 bits per heavy atom. The molecule has 2 unspecified atom stereocenters. The quantitative estimate of drug-likeness (QED) is 0.806. The molecule has 1 fully saturated rings. The van der Waals surface area contributed by atoms with Crippen LogP contribution in [-0.2, 0) is 10.2 Å². The van der Waals surface area contributed by atoms with E-state index in [1.807, 2.05) is 30.4 Å². The molecule has 1 N–H and O–H groups in total. The van der Waals surface area contributed by atoms with Gasteiger partial charge in [0.2, 0.25) is 5.91 Å². The summed E-state index contributed by atoms with van der Waals surface area (Å²) >= 11 is 0. The Hall–Kier alpha value is -2.49. The fraction of sp³-hybridized carbons (Fsp3) is 0.235. The molecule has 3 aliphatic rings. The van der Waals surface area contributed by atoms with E-state index >= 15 is 0 Å². The second-order valence-corrected chi connectivity index (χ2v) is 5.86. The van der Waals surface area contributed by atoms with Crippen molar-refractivity contribution in [3.05, 3.63) is 54.0 Å². The molecule has 2 atom stereocenters. The average molecular weight is 279 g/mol. The molecule has 1 spiro atoms. The molecule has 0 bridgehead atoms. The summed E-state index contributed by atoms with van der Waals surface area (Å²) in [6, 6.07) is 5.86. The summed E-state index contributed by atoms with van der Waals surface area (Å²) in [5.74, 6) is 0.952. The van der Waals surface area contributed by atoms with Crippen molar-refractivity contribution in [1.29, 1.82) is 0 Å². The molecule has 104 valence electrons. The van der Waals surface area contributed by atoms with Gasteiger partial charge in [-0.25, -0.2) is 0 Å². The molecule has 0 radical (unpaired) electrons. The number of benzene rings is 1. The van der Waals surface area contributed by atoms with Gasteiger partial charge in [0.25, 0.3) is 0 Å². The van der Waals surface area contributed by atoms with Crippen molar-refractivity contribution < 1.29 is 13.9 Å². The van der Waals surface area contributed by atoms with Crippen LogP contribution < -0.4 is 10.1 Å². The van der Waals surface area contributed by atoms with E-state index in [4.69, 9.17) is 9.15 Å². The maximum absolute atomic E-state index is 12.7. The Morgan fingerprint density at radius 2 is 2.29 bits per heavy atom. The Morgan fingerprint density at radius 3 is 3.24 bits per heavy atom.